The van der Waals surface area contributed by atoms with Crippen molar-refractivity contribution in [1.29, 1.82) is 0 Å². The molecule has 3 aromatic rings. The van der Waals surface area contributed by atoms with Gasteiger partial charge in [-0.05, 0) is 35.3 Å². The average Bonchev–Trinajstić information content (AvgIpc) is 3.57. The van der Waals surface area contributed by atoms with Crippen LogP contribution < -0.4 is 16.0 Å². The van der Waals surface area contributed by atoms with Crippen LogP contribution in [-0.2, 0) is 16.0 Å². The normalized spacial score (nSPS) is 16.7. The molecule has 0 unspecified atom stereocenters. The molecule has 1 aliphatic rings. The average molecular weight is 596 g/mol. The molecule has 0 spiro atoms. The number of halogens is 4. The quantitative estimate of drug-likeness (QED) is 0.322. The first-order chi connectivity index (χ1) is 19.5. The number of pyridine rings is 1. The molecule has 2 aromatic heterocycles. The minimum atomic E-state index is -4.63. The van der Waals surface area contributed by atoms with E-state index in [1.54, 1.807) is 31.2 Å². The fourth-order valence-corrected chi connectivity index (χ4v) is 4.51. The standard InChI is InChI=1S/C25H25ClF3N7O5/c1-3-16-21(35-41-34-16)23(38)33-20(14-6-4-5-7-15(14)26)22(37)32-19-10-13(8-9-30-19)17(12-40-2)36-11-18(25(27,28)29)31-24(36)39/h4-10,17-18,20H,3,11-12H2,1-2H3,(H,31,39)(H,33,38)(H,30,32,37)/t17-,18+,20+/m1/s1. The van der Waals surface area contributed by atoms with Crippen molar-refractivity contribution < 1.29 is 36.9 Å². The Labute approximate surface area is 236 Å². The van der Waals surface area contributed by atoms with Crippen LogP contribution >= 0.6 is 11.6 Å². The second-order valence-corrected chi connectivity index (χ2v) is 9.38. The van der Waals surface area contributed by atoms with Gasteiger partial charge in [0.2, 0.25) is 0 Å². The Morgan fingerprint density at radius 2 is 2.02 bits per heavy atom. The van der Waals surface area contributed by atoms with Crippen molar-refractivity contribution in [3.63, 3.8) is 0 Å². The van der Waals surface area contributed by atoms with Crippen molar-refractivity contribution in [1.82, 2.24) is 30.8 Å². The highest BCUT2D eigenvalue weighted by atomic mass is 35.5. The third-order valence-electron chi connectivity index (χ3n) is 6.31. The summed E-state index contributed by atoms with van der Waals surface area (Å²) in [7, 11) is 1.34. The van der Waals surface area contributed by atoms with Crippen molar-refractivity contribution in [3.8, 4) is 0 Å². The number of nitrogens with one attached hydrogen (secondary N) is 3. The number of rotatable bonds is 10. The monoisotopic (exact) mass is 595 g/mol. The Balaban J connectivity index is 1.59. The Kier molecular flexibility index (Phi) is 9.08. The zero-order chi connectivity index (χ0) is 29.7. The fourth-order valence-electron chi connectivity index (χ4n) is 4.26. The van der Waals surface area contributed by atoms with Crippen LogP contribution in [0.25, 0.3) is 0 Å². The van der Waals surface area contributed by atoms with Gasteiger partial charge in [0.05, 0.1) is 19.2 Å². The SMILES string of the molecule is CCc1nonc1C(=O)N[C@H](C(=O)Nc1cc([C@@H](COC)N2C[C@@H](C(F)(F)F)NC2=O)ccn1)c1ccccc1Cl. The first kappa shape index (κ1) is 29.7. The largest absolute Gasteiger partial charge is 0.410 e. The topological polar surface area (TPSA) is 152 Å². The summed E-state index contributed by atoms with van der Waals surface area (Å²) in [5.41, 5.74) is 0.823. The van der Waals surface area contributed by atoms with E-state index < -0.39 is 48.7 Å². The summed E-state index contributed by atoms with van der Waals surface area (Å²) in [5.74, 6) is -1.46. The van der Waals surface area contributed by atoms with Crippen LogP contribution in [0.4, 0.5) is 23.8 Å². The minimum absolute atomic E-state index is 0.00392. The Bertz CT molecular complexity index is 1420. The van der Waals surface area contributed by atoms with Gasteiger partial charge in [-0.1, -0.05) is 41.9 Å². The molecule has 16 heteroatoms. The lowest BCUT2D eigenvalue weighted by Crippen LogP contribution is -2.40. The smallest absolute Gasteiger partial charge is 0.382 e. The van der Waals surface area contributed by atoms with Crippen molar-refractivity contribution in [2.24, 2.45) is 0 Å². The van der Waals surface area contributed by atoms with Gasteiger partial charge in [0.1, 0.15) is 23.6 Å². The van der Waals surface area contributed by atoms with Crippen LogP contribution in [0.5, 0.6) is 0 Å². The molecule has 0 saturated carbocycles. The summed E-state index contributed by atoms with van der Waals surface area (Å²) >= 11 is 6.33. The number of urea groups is 1. The molecule has 4 rings (SSSR count). The number of aromatic nitrogens is 3. The van der Waals surface area contributed by atoms with E-state index in [9.17, 15) is 27.6 Å². The number of carbonyl (C=O) groups is 3. The number of alkyl halides is 3. The van der Waals surface area contributed by atoms with Crippen LogP contribution in [-0.4, -0.2) is 70.5 Å². The van der Waals surface area contributed by atoms with Crippen LogP contribution in [0, 0.1) is 0 Å². The summed E-state index contributed by atoms with van der Waals surface area (Å²) in [6.07, 6.45) is -2.95. The Morgan fingerprint density at radius 1 is 1.27 bits per heavy atom. The maximum Gasteiger partial charge on any atom is 0.410 e. The third kappa shape index (κ3) is 6.74. The highest BCUT2D eigenvalue weighted by molar-refractivity contribution is 6.31. The van der Waals surface area contributed by atoms with Gasteiger partial charge < -0.3 is 25.6 Å². The lowest BCUT2D eigenvalue weighted by Gasteiger charge is -2.27. The number of hydrogen-bond donors (Lipinski definition) is 3. The van der Waals surface area contributed by atoms with E-state index in [2.05, 4.69) is 30.6 Å². The maximum absolute atomic E-state index is 13.5. The van der Waals surface area contributed by atoms with E-state index in [0.29, 0.717) is 12.0 Å². The lowest BCUT2D eigenvalue weighted by atomic mass is 10.0. The zero-order valence-electron chi connectivity index (χ0n) is 21.7. The predicted octanol–water partition coefficient (Wildman–Crippen LogP) is 3.43. The minimum Gasteiger partial charge on any atom is -0.382 e. The van der Waals surface area contributed by atoms with Crippen molar-refractivity contribution in [2.75, 3.05) is 25.6 Å². The number of ether oxygens (including phenoxy) is 1. The number of aryl methyl sites for hydroxylation is 1. The van der Waals surface area contributed by atoms with Gasteiger partial charge >= 0.3 is 12.2 Å². The predicted molar refractivity (Wildman–Crippen MR) is 138 cm³/mol. The van der Waals surface area contributed by atoms with Gasteiger partial charge in [-0.25, -0.2) is 14.4 Å². The number of methoxy groups -OCH3 is 1. The second-order valence-electron chi connectivity index (χ2n) is 8.97. The third-order valence-corrected chi connectivity index (χ3v) is 6.66. The van der Waals surface area contributed by atoms with Crippen LogP contribution in [0.3, 0.4) is 0 Å². The molecule has 3 heterocycles. The molecule has 1 saturated heterocycles. The van der Waals surface area contributed by atoms with Gasteiger partial charge in [-0.3, -0.25) is 9.59 Å². The summed E-state index contributed by atoms with van der Waals surface area (Å²) in [6.45, 7) is 0.996. The Morgan fingerprint density at radius 3 is 2.68 bits per heavy atom. The van der Waals surface area contributed by atoms with Crippen LogP contribution in [0.1, 0.15) is 46.3 Å². The highest BCUT2D eigenvalue weighted by Crippen LogP contribution is 2.31. The first-order valence-electron chi connectivity index (χ1n) is 12.3. The molecule has 218 valence electrons. The molecule has 1 fully saturated rings. The number of hydrogen-bond acceptors (Lipinski definition) is 8. The van der Waals surface area contributed by atoms with E-state index >= 15 is 0 Å². The molecule has 3 N–H and O–H groups in total. The van der Waals surface area contributed by atoms with E-state index in [-0.39, 0.29) is 34.4 Å². The molecular weight excluding hydrogens is 571 g/mol. The molecule has 4 amide bonds. The molecule has 1 aromatic carbocycles. The molecule has 41 heavy (non-hydrogen) atoms. The van der Waals surface area contributed by atoms with E-state index in [1.165, 1.54) is 25.4 Å². The molecular formula is C25H25ClF3N7O5. The van der Waals surface area contributed by atoms with Gasteiger partial charge in [-0.2, -0.15) is 13.2 Å². The van der Waals surface area contributed by atoms with Crippen molar-refractivity contribution in [3.05, 3.63) is 70.1 Å². The first-order valence-corrected chi connectivity index (χ1v) is 12.7. The fraction of sp³-hybridized carbons (Fsp3) is 0.360. The number of carbonyl (C=O) groups excluding carboxylic acids is 3. The number of benzene rings is 1. The lowest BCUT2D eigenvalue weighted by molar-refractivity contribution is -0.150. The van der Waals surface area contributed by atoms with Gasteiger partial charge in [-0.15, -0.1) is 0 Å². The Hall–Kier alpha value is -4.24. The van der Waals surface area contributed by atoms with Crippen LogP contribution in [0.2, 0.25) is 5.02 Å². The maximum atomic E-state index is 13.5. The highest BCUT2D eigenvalue weighted by Gasteiger charge is 2.48. The molecule has 3 atom stereocenters. The van der Waals surface area contributed by atoms with E-state index in [0.717, 1.165) is 4.90 Å². The van der Waals surface area contributed by atoms with Crippen molar-refractivity contribution in [2.45, 2.75) is 37.6 Å². The number of amides is 4. The van der Waals surface area contributed by atoms with Gasteiger partial charge in [0, 0.05) is 23.9 Å². The zero-order valence-corrected chi connectivity index (χ0v) is 22.5. The molecule has 0 radical (unpaired) electrons. The summed E-state index contributed by atoms with van der Waals surface area (Å²) < 4.78 is 49.6. The van der Waals surface area contributed by atoms with Gasteiger partial charge in [0.15, 0.2) is 5.69 Å². The summed E-state index contributed by atoms with van der Waals surface area (Å²) in [5, 5.41) is 14.6. The number of anilines is 1. The van der Waals surface area contributed by atoms with Gasteiger partial charge in [0.25, 0.3) is 11.8 Å². The van der Waals surface area contributed by atoms with E-state index in [4.69, 9.17) is 16.3 Å². The molecule has 0 aliphatic carbocycles. The second kappa shape index (κ2) is 12.5. The molecule has 1 aliphatic heterocycles. The van der Waals surface area contributed by atoms with Crippen molar-refractivity contribution >= 4 is 35.3 Å². The number of nitrogens with zero attached hydrogens (tertiary/aromatic N) is 4. The summed E-state index contributed by atoms with van der Waals surface area (Å²) in [6, 6.07) is 4.09. The molecule has 0 bridgehead atoms. The van der Waals surface area contributed by atoms with E-state index in [1.807, 2.05) is 5.32 Å². The molecule has 12 nitrogen and oxygen atoms in total. The summed E-state index contributed by atoms with van der Waals surface area (Å²) in [4.78, 5) is 44.0. The van der Waals surface area contributed by atoms with Crippen LogP contribution in [0.15, 0.2) is 47.2 Å².